The van der Waals surface area contributed by atoms with E-state index in [4.69, 9.17) is 0 Å². The number of halogens is 1. The molecule has 0 fully saturated rings. The molecule has 0 unspecified atom stereocenters. The zero-order valence-corrected chi connectivity index (χ0v) is 16.5. The van der Waals surface area contributed by atoms with Crippen molar-refractivity contribution in [3.05, 3.63) is 100 Å². The number of nitrogens with zero attached hydrogens (tertiary/aromatic N) is 1. The molecule has 4 aromatic rings. The molecule has 28 heavy (non-hydrogen) atoms. The van der Waals surface area contributed by atoms with Gasteiger partial charge in [-0.05, 0) is 24.3 Å². The van der Waals surface area contributed by atoms with Crippen molar-refractivity contribution in [1.29, 1.82) is 0 Å². The second-order valence-electron chi connectivity index (χ2n) is 6.56. The Kier molecular flexibility index (Phi) is 5.17. The molecule has 1 N–H and O–H groups in total. The number of rotatable bonds is 6. The molecule has 4 rings (SSSR count). The van der Waals surface area contributed by atoms with E-state index in [1.807, 2.05) is 54.6 Å². The molecule has 0 amide bonds. The molecule has 0 bridgehead atoms. The first kappa shape index (κ1) is 18.3. The summed E-state index contributed by atoms with van der Waals surface area (Å²) in [6.45, 7) is 0. The predicted molar refractivity (Wildman–Crippen MR) is 113 cm³/mol. The van der Waals surface area contributed by atoms with E-state index in [2.05, 4.69) is 25.9 Å². The molecule has 5 heteroatoms. The van der Waals surface area contributed by atoms with Gasteiger partial charge in [0.15, 0.2) is 11.6 Å². The lowest BCUT2D eigenvalue weighted by molar-refractivity contribution is 0.0890. The molecule has 3 aromatic carbocycles. The molecule has 0 saturated heterocycles. The van der Waals surface area contributed by atoms with Gasteiger partial charge >= 0.3 is 0 Å². The normalized spacial score (nSPS) is 12.0. The average molecular weight is 433 g/mol. The Morgan fingerprint density at radius 1 is 0.857 bits per heavy atom. The van der Waals surface area contributed by atoms with E-state index < -0.39 is 5.92 Å². The van der Waals surface area contributed by atoms with Gasteiger partial charge in [0.2, 0.25) is 0 Å². The number of carbonyl (C=O) groups is 2. The van der Waals surface area contributed by atoms with Crippen molar-refractivity contribution in [1.82, 2.24) is 9.97 Å². The quantitative estimate of drug-likeness (QED) is 0.405. The molecular weight excluding hydrogens is 416 g/mol. The van der Waals surface area contributed by atoms with Crippen LogP contribution in [0.25, 0.3) is 11.0 Å². The molecule has 4 nitrogen and oxygen atoms in total. The smallest absolute Gasteiger partial charge is 0.173 e. The molecule has 138 valence electrons. The fraction of sp³-hybridized carbons (Fsp3) is 0.0870. The van der Waals surface area contributed by atoms with Crippen molar-refractivity contribution in [3.8, 4) is 0 Å². The Morgan fingerprint density at radius 3 is 2.25 bits per heavy atom. The van der Waals surface area contributed by atoms with Gasteiger partial charge in [0, 0.05) is 22.0 Å². The number of H-pyrrole nitrogens is 1. The summed E-state index contributed by atoms with van der Waals surface area (Å²) in [5.74, 6) is -0.382. The number of para-hydroxylation sites is 2. The second kappa shape index (κ2) is 7.90. The fourth-order valence-corrected chi connectivity index (χ4v) is 3.46. The first-order valence-corrected chi connectivity index (χ1v) is 9.74. The highest BCUT2D eigenvalue weighted by molar-refractivity contribution is 9.10. The van der Waals surface area contributed by atoms with Crippen molar-refractivity contribution < 1.29 is 9.59 Å². The molecule has 1 aromatic heterocycles. The molecular formula is C23H17BrN2O2. The Balaban J connectivity index is 1.72. The number of nitrogens with one attached hydrogen (secondary N) is 1. The number of carbonyl (C=O) groups excluding carboxylic acids is 2. The number of aromatic nitrogens is 2. The van der Waals surface area contributed by atoms with E-state index >= 15 is 0 Å². The van der Waals surface area contributed by atoms with Gasteiger partial charge in [-0.15, -0.1) is 0 Å². The molecule has 0 aliphatic carbocycles. The van der Waals surface area contributed by atoms with E-state index in [1.54, 1.807) is 24.3 Å². The Bertz CT molecular complexity index is 1100. The van der Waals surface area contributed by atoms with Gasteiger partial charge in [0.05, 0.1) is 17.0 Å². The maximum absolute atomic E-state index is 13.3. The third-order valence-electron chi connectivity index (χ3n) is 4.67. The zero-order valence-electron chi connectivity index (χ0n) is 14.9. The number of imidazole rings is 1. The summed E-state index contributed by atoms with van der Waals surface area (Å²) < 4.78 is 0.893. The fourth-order valence-electron chi connectivity index (χ4n) is 3.19. The van der Waals surface area contributed by atoms with Crippen molar-refractivity contribution in [3.63, 3.8) is 0 Å². The minimum absolute atomic E-state index is 0.0543. The number of benzene rings is 3. The Morgan fingerprint density at radius 2 is 1.54 bits per heavy atom. The Hall–Kier alpha value is -3.05. The number of aromatic amines is 1. The van der Waals surface area contributed by atoms with Crippen LogP contribution >= 0.6 is 15.9 Å². The van der Waals surface area contributed by atoms with Crippen molar-refractivity contribution in [2.24, 2.45) is 0 Å². The van der Waals surface area contributed by atoms with Crippen LogP contribution in [0.1, 0.15) is 38.9 Å². The van der Waals surface area contributed by atoms with Crippen LogP contribution in [0.3, 0.4) is 0 Å². The monoisotopic (exact) mass is 432 g/mol. The highest BCUT2D eigenvalue weighted by Gasteiger charge is 2.28. The summed E-state index contributed by atoms with van der Waals surface area (Å²) in [7, 11) is 0. The van der Waals surface area contributed by atoms with E-state index in [9.17, 15) is 9.59 Å². The SMILES string of the molecule is O=C(C[C@@H](C(=O)c1ccc(Br)cc1)c1nc2ccccc2[nH]1)c1ccccc1. The summed E-state index contributed by atoms with van der Waals surface area (Å²) in [6.07, 6.45) is 0.0543. The maximum Gasteiger partial charge on any atom is 0.173 e. The minimum atomic E-state index is -0.679. The molecule has 1 atom stereocenters. The predicted octanol–water partition coefficient (Wildman–Crippen LogP) is 5.56. The largest absolute Gasteiger partial charge is 0.341 e. The third kappa shape index (κ3) is 3.80. The first-order valence-electron chi connectivity index (χ1n) is 8.94. The number of fused-ring (bicyclic) bond motifs is 1. The number of ketones is 2. The van der Waals surface area contributed by atoms with Crippen molar-refractivity contribution in [2.75, 3.05) is 0 Å². The summed E-state index contributed by atoms with van der Waals surface area (Å²) in [6, 6.07) is 23.8. The van der Waals surface area contributed by atoms with Crippen molar-refractivity contribution in [2.45, 2.75) is 12.3 Å². The topological polar surface area (TPSA) is 62.8 Å². The van der Waals surface area contributed by atoms with Gasteiger partial charge in [-0.1, -0.05) is 70.5 Å². The van der Waals surface area contributed by atoms with Gasteiger partial charge in [0.1, 0.15) is 5.82 Å². The standard InChI is InChI=1S/C23H17BrN2O2/c24-17-12-10-16(11-13-17)22(28)18(14-21(27)15-6-2-1-3-7-15)23-25-19-8-4-5-9-20(19)26-23/h1-13,18H,14H2,(H,25,26)/t18-/m0/s1. The molecule has 0 radical (unpaired) electrons. The average Bonchev–Trinajstić information content (AvgIpc) is 3.16. The van der Waals surface area contributed by atoms with Crippen LogP contribution in [-0.4, -0.2) is 21.5 Å². The molecule has 0 saturated carbocycles. The van der Waals surface area contributed by atoms with Gasteiger partial charge in [-0.2, -0.15) is 0 Å². The maximum atomic E-state index is 13.3. The van der Waals surface area contributed by atoms with E-state index in [-0.39, 0.29) is 18.0 Å². The van der Waals surface area contributed by atoms with Crippen LogP contribution in [0.5, 0.6) is 0 Å². The molecule has 0 spiro atoms. The van der Waals surface area contributed by atoms with Crippen LogP contribution in [0, 0.1) is 0 Å². The summed E-state index contributed by atoms with van der Waals surface area (Å²) in [5, 5.41) is 0. The van der Waals surface area contributed by atoms with Crippen LogP contribution in [0.2, 0.25) is 0 Å². The lowest BCUT2D eigenvalue weighted by Crippen LogP contribution is -2.18. The summed E-state index contributed by atoms with van der Waals surface area (Å²) in [4.78, 5) is 33.9. The van der Waals surface area contributed by atoms with Crippen LogP contribution in [0.4, 0.5) is 0 Å². The number of hydrogen-bond acceptors (Lipinski definition) is 3. The highest BCUT2D eigenvalue weighted by Crippen LogP contribution is 2.27. The summed E-state index contributed by atoms with van der Waals surface area (Å²) in [5.41, 5.74) is 2.76. The van der Waals surface area contributed by atoms with E-state index in [1.165, 1.54) is 0 Å². The number of Topliss-reactive ketones (excluding diaryl/α,β-unsaturated/α-hetero) is 2. The van der Waals surface area contributed by atoms with Crippen LogP contribution in [-0.2, 0) is 0 Å². The van der Waals surface area contributed by atoms with E-state index in [0.29, 0.717) is 17.0 Å². The second-order valence-corrected chi connectivity index (χ2v) is 7.47. The Labute approximate surface area is 170 Å². The summed E-state index contributed by atoms with van der Waals surface area (Å²) >= 11 is 3.39. The molecule has 0 aliphatic heterocycles. The number of hydrogen-bond donors (Lipinski definition) is 1. The third-order valence-corrected chi connectivity index (χ3v) is 5.20. The minimum Gasteiger partial charge on any atom is -0.341 e. The lowest BCUT2D eigenvalue weighted by atomic mass is 9.90. The highest BCUT2D eigenvalue weighted by atomic mass is 79.9. The lowest BCUT2D eigenvalue weighted by Gasteiger charge is -2.13. The first-order chi connectivity index (χ1) is 13.6. The van der Waals surface area contributed by atoms with Gasteiger partial charge in [-0.25, -0.2) is 4.98 Å². The zero-order chi connectivity index (χ0) is 19.5. The van der Waals surface area contributed by atoms with Crippen molar-refractivity contribution >= 4 is 38.5 Å². The van der Waals surface area contributed by atoms with Gasteiger partial charge < -0.3 is 4.98 Å². The van der Waals surface area contributed by atoms with Crippen LogP contribution < -0.4 is 0 Å². The van der Waals surface area contributed by atoms with E-state index in [0.717, 1.165) is 15.5 Å². The van der Waals surface area contributed by atoms with Gasteiger partial charge in [-0.3, -0.25) is 9.59 Å². The molecule has 0 aliphatic rings. The molecule has 1 heterocycles. The van der Waals surface area contributed by atoms with Gasteiger partial charge in [0.25, 0.3) is 0 Å². The van der Waals surface area contributed by atoms with Crippen LogP contribution in [0.15, 0.2) is 83.3 Å².